The van der Waals surface area contributed by atoms with E-state index in [0.717, 1.165) is 5.69 Å². The van der Waals surface area contributed by atoms with Gasteiger partial charge in [-0.1, -0.05) is 13.8 Å². The summed E-state index contributed by atoms with van der Waals surface area (Å²) in [6.07, 6.45) is 1.01. The number of carbonyl (C=O) groups is 1. The first-order valence-corrected chi connectivity index (χ1v) is 6.74. The fraction of sp³-hybridized carbons (Fsp3) is 0.692. The molecule has 0 aliphatic carbocycles. The van der Waals surface area contributed by atoms with Crippen LogP contribution in [0.2, 0.25) is 0 Å². The van der Waals surface area contributed by atoms with Gasteiger partial charge in [0.05, 0.1) is 17.5 Å². The Morgan fingerprint density at radius 3 is 2.79 bits per heavy atom. The zero-order valence-corrected chi connectivity index (χ0v) is 11.8. The molecule has 0 saturated carbocycles. The number of aromatic nitrogens is 2. The first-order valence-electron chi connectivity index (χ1n) is 6.74. The van der Waals surface area contributed by atoms with E-state index in [1.54, 1.807) is 16.6 Å². The maximum Gasteiger partial charge on any atom is 0.274 e. The second-order valence-corrected chi connectivity index (χ2v) is 5.27. The average Bonchev–Trinajstić information content (AvgIpc) is 2.67. The summed E-state index contributed by atoms with van der Waals surface area (Å²) >= 11 is 0. The molecule has 19 heavy (non-hydrogen) atoms. The third-order valence-electron chi connectivity index (χ3n) is 3.85. The molecule has 1 aliphatic rings. The number of nitrogens with two attached hydrogens (primary N) is 1. The standard InChI is InChI=1S/C13H22N4O2/c1-4-9-11(14)12(16(3)15-9)13(19)17-6-5-10(18)8(2)7-17/h8,10,18H,4-7,14H2,1-3H3. The Labute approximate surface area is 113 Å². The average molecular weight is 266 g/mol. The van der Waals surface area contributed by atoms with E-state index in [2.05, 4.69) is 5.10 Å². The van der Waals surface area contributed by atoms with Gasteiger partial charge in [0.1, 0.15) is 5.69 Å². The summed E-state index contributed by atoms with van der Waals surface area (Å²) in [7, 11) is 1.74. The lowest BCUT2D eigenvalue weighted by atomic mass is 9.96. The highest BCUT2D eigenvalue weighted by Crippen LogP contribution is 2.23. The number of piperidine rings is 1. The van der Waals surface area contributed by atoms with E-state index >= 15 is 0 Å². The largest absolute Gasteiger partial charge is 0.395 e. The Kier molecular flexibility index (Phi) is 3.80. The molecule has 1 amide bonds. The number of likely N-dealkylation sites (tertiary alicyclic amines) is 1. The molecule has 3 N–H and O–H groups in total. The molecule has 0 radical (unpaired) electrons. The molecule has 0 bridgehead atoms. The van der Waals surface area contributed by atoms with E-state index in [1.807, 2.05) is 13.8 Å². The van der Waals surface area contributed by atoms with Crippen molar-refractivity contribution in [1.29, 1.82) is 0 Å². The first kappa shape index (κ1) is 13.9. The van der Waals surface area contributed by atoms with Gasteiger partial charge in [0.25, 0.3) is 5.91 Å². The number of aryl methyl sites for hydroxylation is 2. The van der Waals surface area contributed by atoms with Gasteiger partial charge in [-0.2, -0.15) is 5.10 Å². The molecular weight excluding hydrogens is 244 g/mol. The number of carbonyl (C=O) groups excluding carboxylic acids is 1. The maximum absolute atomic E-state index is 12.5. The third kappa shape index (κ3) is 2.45. The number of nitrogens with zero attached hydrogens (tertiary/aromatic N) is 3. The number of aliphatic hydroxyl groups is 1. The molecule has 1 aliphatic heterocycles. The van der Waals surface area contributed by atoms with Gasteiger partial charge in [0.2, 0.25) is 0 Å². The van der Waals surface area contributed by atoms with Gasteiger partial charge in [-0.25, -0.2) is 0 Å². The summed E-state index contributed by atoms with van der Waals surface area (Å²) in [5, 5.41) is 14.0. The van der Waals surface area contributed by atoms with Crippen LogP contribution in [-0.2, 0) is 13.5 Å². The molecule has 1 fully saturated rings. The molecule has 6 nitrogen and oxygen atoms in total. The van der Waals surface area contributed by atoms with Crippen LogP contribution in [0.1, 0.15) is 36.5 Å². The second-order valence-electron chi connectivity index (χ2n) is 5.27. The molecule has 1 aromatic rings. The van der Waals surface area contributed by atoms with Crippen molar-refractivity contribution in [3.63, 3.8) is 0 Å². The number of nitrogen functional groups attached to an aromatic ring is 1. The van der Waals surface area contributed by atoms with E-state index in [4.69, 9.17) is 5.73 Å². The highest BCUT2D eigenvalue weighted by molar-refractivity contribution is 5.98. The lowest BCUT2D eigenvalue weighted by Crippen LogP contribution is -2.45. The first-order chi connectivity index (χ1) is 8.95. The lowest BCUT2D eigenvalue weighted by Gasteiger charge is -2.34. The van der Waals surface area contributed by atoms with Gasteiger partial charge in [0.15, 0.2) is 0 Å². The van der Waals surface area contributed by atoms with Crippen molar-refractivity contribution in [3.8, 4) is 0 Å². The highest BCUT2D eigenvalue weighted by Gasteiger charge is 2.30. The van der Waals surface area contributed by atoms with Crippen LogP contribution in [0.25, 0.3) is 0 Å². The molecule has 6 heteroatoms. The Morgan fingerprint density at radius 2 is 2.26 bits per heavy atom. The number of rotatable bonds is 2. The van der Waals surface area contributed by atoms with Crippen molar-refractivity contribution < 1.29 is 9.90 Å². The summed E-state index contributed by atoms with van der Waals surface area (Å²) in [6.45, 7) is 5.04. The molecule has 2 atom stereocenters. The van der Waals surface area contributed by atoms with Gasteiger partial charge in [-0.15, -0.1) is 0 Å². The topological polar surface area (TPSA) is 84.4 Å². The Balaban J connectivity index is 2.23. The predicted molar refractivity (Wildman–Crippen MR) is 72.7 cm³/mol. The fourth-order valence-electron chi connectivity index (χ4n) is 2.58. The van der Waals surface area contributed by atoms with Crippen molar-refractivity contribution in [2.45, 2.75) is 32.8 Å². The van der Waals surface area contributed by atoms with Crippen LogP contribution in [0.3, 0.4) is 0 Å². The van der Waals surface area contributed by atoms with Crippen LogP contribution in [0, 0.1) is 5.92 Å². The van der Waals surface area contributed by atoms with Gasteiger partial charge in [-0.05, 0) is 18.8 Å². The SMILES string of the molecule is CCc1nn(C)c(C(=O)N2CCC(O)C(C)C2)c1N. The predicted octanol–water partition coefficient (Wildman–Crippen LogP) is 0.408. The van der Waals surface area contributed by atoms with Gasteiger partial charge < -0.3 is 15.7 Å². The van der Waals surface area contributed by atoms with Gasteiger partial charge in [-0.3, -0.25) is 9.48 Å². The molecule has 2 rings (SSSR count). The number of hydrogen-bond donors (Lipinski definition) is 2. The minimum absolute atomic E-state index is 0.0917. The molecule has 0 spiro atoms. The zero-order valence-electron chi connectivity index (χ0n) is 11.8. The third-order valence-corrected chi connectivity index (χ3v) is 3.85. The van der Waals surface area contributed by atoms with E-state index in [1.165, 1.54) is 0 Å². The number of anilines is 1. The van der Waals surface area contributed by atoms with Crippen LogP contribution in [0.15, 0.2) is 0 Å². The van der Waals surface area contributed by atoms with Gasteiger partial charge in [0, 0.05) is 20.1 Å². The van der Waals surface area contributed by atoms with Crippen LogP contribution >= 0.6 is 0 Å². The smallest absolute Gasteiger partial charge is 0.274 e. The van der Waals surface area contributed by atoms with Crippen molar-refractivity contribution in [1.82, 2.24) is 14.7 Å². The van der Waals surface area contributed by atoms with Crippen LogP contribution in [-0.4, -0.2) is 44.9 Å². The van der Waals surface area contributed by atoms with E-state index in [-0.39, 0.29) is 17.9 Å². The van der Waals surface area contributed by atoms with Crippen molar-refractivity contribution in [2.75, 3.05) is 18.8 Å². The van der Waals surface area contributed by atoms with Crippen LogP contribution < -0.4 is 5.73 Å². The number of hydrogen-bond acceptors (Lipinski definition) is 4. The van der Waals surface area contributed by atoms with Crippen LogP contribution in [0.5, 0.6) is 0 Å². The normalized spacial score (nSPS) is 23.7. The summed E-state index contributed by atoms with van der Waals surface area (Å²) in [5.74, 6) is 0.00347. The fourth-order valence-corrected chi connectivity index (χ4v) is 2.58. The summed E-state index contributed by atoms with van der Waals surface area (Å²) in [6, 6.07) is 0. The van der Waals surface area contributed by atoms with Crippen molar-refractivity contribution >= 4 is 11.6 Å². The molecule has 2 heterocycles. The summed E-state index contributed by atoms with van der Waals surface area (Å²) in [4.78, 5) is 14.3. The second kappa shape index (κ2) is 5.21. The van der Waals surface area contributed by atoms with E-state index in [0.29, 0.717) is 37.3 Å². The highest BCUT2D eigenvalue weighted by atomic mass is 16.3. The molecular formula is C13H22N4O2. The van der Waals surface area contributed by atoms with Gasteiger partial charge >= 0.3 is 0 Å². The zero-order chi connectivity index (χ0) is 14.2. The molecule has 0 aromatic carbocycles. The van der Waals surface area contributed by atoms with E-state index < -0.39 is 0 Å². The van der Waals surface area contributed by atoms with Crippen molar-refractivity contribution in [2.24, 2.45) is 13.0 Å². The summed E-state index contributed by atoms with van der Waals surface area (Å²) in [5.41, 5.74) is 7.70. The maximum atomic E-state index is 12.5. The quantitative estimate of drug-likeness (QED) is 0.812. The number of aliphatic hydroxyl groups excluding tert-OH is 1. The summed E-state index contributed by atoms with van der Waals surface area (Å²) < 4.78 is 1.56. The minimum Gasteiger partial charge on any atom is -0.395 e. The monoisotopic (exact) mass is 266 g/mol. The molecule has 2 unspecified atom stereocenters. The van der Waals surface area contributed by atoms with E-state index in [9.17, 15) is 9.90 Å². The van der Waals surface area contributed by atoms with Crippen LogP contribution in [0.4, 0.5) is 5.69 Å². The Bertz CT molecular complexity index is 483. The molecule has 1 saturated heterocycles. The van der Waals surface area contributed by atoms with Crippen molar-refractivity contribution in [3.05, 3.63) is 11.4 Å². The molecule has 1 aromatic heterocycles. The number of amides is 1. The minimum atomic E-state index is -0.320. The Hall–Kier alpha value is -1.56. The molecule has 106 valence electrons. The Morgan fingerprint density at radius 1 is 1.58 bits per heavy atom. The lowest BCUT2D eigenvalue weighted by molar-refractivity contribution is 0.0292.